The molecule has 2 rings (SSSR count). The Bertz CT molecular complexity index is 597. The standard InChI is InChI=1S/C14H17NO2S/c1-11-4-6-14(7-5-11)18(16,17)15-9-8-12(2)13(3)10-15/h4-8H,3,9-10H2,1-2H3. The summed E-state index contributed by atoms with van der Waals surface area (Å²) in [7, 11) is -3.41. The number of aryl methyl sites for hydroxylation is 1. The lowest BCUT2D eigenvalue weighted by atomic mass is 10.1. The zero-order valence-corrected chi connectivity index (χ0v) is 11.5. The number of hydrogen-bond acceptors (Lipinski definition) is 2. The predicted molar refractivity (Wildman–Crippen MR) is 72.8 cm³/mol. The van der Waals surface area contributed by atoms with E-state index in [9.17, 15) is 8.42 Å². The Balaban J connectivity index is 2.33. The molecule has 0 spiro atoms. The summed E-state index contributed by atoms with van der Waals surface area (Å²) in [5.41, 5.74) is 2.98. The fourth-order valence-corrected chi connectivity index (χ4v) is 3.20. The lowest BCUT2D eigenvalue weighted by Crippen LogP contribution is -2.35. The molecule has 0 aromatic heterocycles. The van der Waals surface area contributed by atoms with Gasteiger partial charge < -0.3 is 0 Å². The Labute approximate surface area is 108 Å². The van der Waals surface area contributed by atoms with Gasteiger partial charge in [0.25, 0.3) is 0 Å². The van der Waals surface area contributed by atoms with Crippen LogP contribution < -0.4 is 0 Å². The fraction of sp³-hybridized carbons (Fsp3) is 0.286. The molecule has 1 aliphatic rings. The van der Waals surface area contributed by atoms with Crippen molar-refractivity contribution in [3.8, 4) is 0 Å². The van der Waals surface area contributed by atoms with E-state index in [0.29, 0.717) is 18.0 Å². The van der Waals surface area contributed by atoms with Crippen molar-refractivity contribution in [3.63, 3.8) is 0 Å². The SMILES string of the molecule is C=C1CN(S(=O)(=O)c2ccc(C)cc2)CC=C1C. The minimum atomic E-state index is -3.41. The van der Waals surface area contributed by atoms with Crippen LogP contribution in [-0.4, -0.2) is 25.8 Å². The number of hydrogen-bond donors (Lipinski definition) is 0. The Morgan fingerprint density at radius 2 is 1.78 bits per heavy atom. The van der Waals surface area contributed by atoms with Gasteiger partial charge in [-0.05, 0) is 37.1 Å². The lowest BCUT2D eigenvalue weighted by Gasteiger charge is -2.26. The van der Waals surface area contributed by atoms with E-state index in [4.69, 9.17) is 0 Å². The van der Waals surface area contributed by atoms with Crippen LogP contribution in [0, 0.1) is 6.92 Å². The van der Waals surface area contributed by atoms with Gasteiger partial charge in [0, 0.05) is 13.1 Å². The number of benzene rings is 1. The second-order valence-corrected chi connectivity index (χ2v) is 6.54. The van der Waals surface area contributed by atoms with Crippen molar-refractivity contribution in [1.82, 2.24) is 4.31 Å². The lowest BCUT2D eigenvalue weighted by molar-refractivity contribution is 0.460. The highest BCUT2D eigenvalue weighted by Gasteiger charge is 2.26. The summed E-state index contributed by atoms with van der Waals surface area (Å²) in [5.74, 6) is 0. The van der Waals surface area contributed by atoms with Crippen LogP contribution in [-0.2, 0) is 10.0 Å². The summed E-state index contributed by atoms with van der Waals surface area (Å²) in [6.45, 7) is 8.58. The van der Waals surface area contributed by atoms with Gasteiger partial charge in [-0.15, -0.1) is 0 Å². The Morgan fingerprint density at radius 1 is 1.17 bits per heavy atom. The van der Waals surface area contributed by atoms with Crippen molar-refractivity contribution in [2.24, 2.45) is 0 Å². The predicted octanol–water partition coefficient (Wildman–Crippen LogP) is 2.50. The minimum Gasteiger partial charge on any atom is -0.207 e. The van der Waals surface area contributed by atoms with Gasteiger partial charge in [0.15, 0.2) is 0 Å². The third-order valence-corrected chi connectivity index (χ3v) is 5.01. The molecule has 0 saturated heterocycles. The van der Waals surface area contributed by atoms with Crippen molar-refractivity contribution in [2.75, 3.05) is 13.1 Å². The highest BCUT2D eigenvalue weighted by Crippen LogP contribution is 2.22. The Hall–Kier alpha value is -1.39. The van der Waals surface area contributed by atoms with E-state index in [1.807, 2.05) is 32.1 Å². The first kappa shape index (κ1) is 13.1. The molecule has 3 nitrogen and oxygen atoms in total. The zero-order chi connectivity index (χ0) is 13.3. The van der Waals surface area contributed by atoms with Crippen molar-refractivity contribution in [2.45, 2.75) is 18.7 Å². The molecule has 0 atom stereocenters. The van der Waals surface area contributed by atoms with Crippen LogP contribution in [0.4, 0.5) is 0 Å². The van der Waals surface area contributed by atoms with Gasteiger partial charge in [-0.2, -0.15) is 4.31 Å². The summed E-state index contributed by atoms with van der Waals surface area (Å²) in [5, 5.41) is 0. The molecule has 0 N–H and O–H groups in total. The summed E-state index contributed by atoms with van der Waals surface area (Å²) < 4.78 is 26.3. The van der Waals surface area contributed by atoms with Crippen LogP contribution in [0.2, 0.25) is 0 Å². The fourth-order valence-electron chi connectivity index (χ4n) is 1.83. The molecule has 0 radical (unpaired) electrons. The van der Waals surface area contributed by atoms with E-state index in [0.717, 1.165) is 16.7 Å². The second-order valence-electron chi connectivity index (χ2n) is 4.60. The molecule has 0 fully saturated rings. The van der Waals surface area contributed by atoms with E-state index in [-0.39, 0.29) is 0 Å². The van der Waals surface area contributed by atoms with Crippen molar-refractivity contribution < 1.29 is 8.42 Å². The van der Waals surface area contributed by atoms with E-state index < -0.39 is 10.0 Å². The second kappa shape index (κ2) is 4.71. The van der Waals surface area contributed by atoms with Gasteiger partial charge in [-0.1, -0.05) is 30.4 Å². The first-order valence-corrected chi connectivity index (χ1v) is 7.27. The highest BCUT2D eigenvalue weighted by atomic mass is 32.2. The minimum absolute atomic E-state index is 0.342. The molecule has 1 aliphatic heterocycles. The van der Waals surface area contributed by atoms with Crippen molar-refractivity contribution >= 4 is 10.0 Å². The maximum absolute atomic E-state index is 12.4. The molecule has 0 amide bonds. The number of sulfonamides is 1. The third kappa shape index (κ3) is 2.40. The van der Waals surface area contributed by atoms with Gasteiger partial charge in [-0.3, -0.25) is 0 Å². The number of rotatable bonds is 2. The number of nitrogens with zero attached hydrogens (tertiary/aromatic N) is 1. The smallest absolute Gasteiger partial charge is 0.207 e. The van der Waals surface area contributed by atoms with Crippen LogP contribution in [0.25, 0.3) is 0 Å². The first-order chi connectivity index (χ1) is 8.41. The van der Waals surface area contributed by atoms with E-state index in [1.54, 1.807) is 12.1 Å². The van der Waals surface area contributed by atoms with E-state index >= 15 is 0 Å². The molecule has 18 heavy (non-hydrogen) atoms. The quantitative estimate of drug-likeness (QED) is 0.822. The van der Waals surface area contributed by atoms with Gasteiger partial charge in [-0.25, -0.2) is 8.42 Å². The topological polar surface area (TPSA) is 37.4 Å². The van der Waals surface area contributed by atoms with Gasteiger partial charge in [0.2, 0.25) is 10.0 Å². The molecule has 1 heterocycles. The van der Waals surface area contributed by atoms with Crippen LogP contribution in [0.3, 0.4) is 0 Å². The van der Waals surface area contributed by atoms with Crippen molar-refractivity contribution in [3.05, 3.63) is 53.6 Å². The third-order valence-electron chi connectivity index (χ3n) is 3.18. The molecule has 0 bridgehead atoms. The van der Waals surface area contributed by atoms with Crippen LogP contribution >= 0.6 is 0 Å². The zero-order valence-electron chi connectivity index (χ0n) is 10.7. The van der Waals surface area contributed by atoms with Crippen LogP contribution in [0.15, 0.2) is 53.0 Å². The Morgan fingerprint density at radius 3 is 2.33 bits per heavy atom. The summed E-state index contributed by atoms with van der Waals surface area (Å²) in [6.07, 6.45) is 1.90. The summed E-state index contributed by atoms with van der Waals surface area (Å²) >= 11 is 0. The average Bonchev–Trinajstić information content (AvgIpc) is 2.33. The van der Waals surface area contributed by atoms with Gasteiger partial charge in [0.05, 0.1) is 4.90 Å². The average molecular weight is 263 g/mol. The molecular weight excluding hydrogens is 246 g/mol. The Kier molecular flexibility index (Phi) is 3.41. The van der Waals surface area contributed by atoms with Gasteiger partial charge >= 0.3 is 0 Å². The van der Waals surface area contributed by atoms with Crippen LogP contribution in [0.5, 0.6) is 0 Å². The molecule has 1 aromatic rings. The van der Waals surface area contributed by atoms with Gasteiger partial charge in [0.1, 0.15) is 0 Å². The monoisotopic (exact) mass is 263 g/mol. The molecule has 0 unspecified atom stereocenters. The molecule has 96 valence electrons. The highest BCUT2D eigenvalue weighted by molar-refractivity contribution is 7.89. The maximum Gasteiger partial charge on any atom is 0.243 e. The van der Waals surface area contributed by atoms with Crippen LogP contribution in [0.1, 0.15) is 12.5 Å². The maximum atomic E-state index is 12.4. The van der Waals surface area contributed by atoms with Crippen molar-refractivity contribution in [1.29, 1.82) is 0 Å². The molecule has 4 heteroatoms. The summed E-state index contributed by atoms with van der Waals surface area (Å²) in [6, 6.07) is 6.93. The normalized spacial score (nSPS) is 17.7. The molecule has 0 saturated carbocycles. The summed E-state index contributed by atoms with van der Waals surface area (Å²) in [4.78, 5) is 0.342. The molecule has 1 aromatic carbocycles. The van der Waals surface area contributed by atoms with E-state index in [1.165, 1.54) is 4.31 Å². The first-order valence-electron chi connectivity index (χ1n) is 5.83. The molecule has 0 aliphatic carbocycles. The van der Waals surface area contributed by atoms with E-state index in [2.05, 4.69) is 6.58 Å². The largest absolute Gasteiger partial charge is 0.243 e. The molecular formula is C14H17NO2S.